The lowest BCUT2D eigenvalue weighted by molar-refractivity contribution is -0.108. The Bertz CT molecular complexity index is 417. The number of aldehydes is 1. The van der Waals surface area contributed by atoms with Crippen molar-refractivity contribution in [3.05, 3.63) is 33.8 Å². The molecule has 1 aliphatic heterocycles. The van der Waals surface area contributed by atoms with Gasteiger partial charge in [0.05, 0.1) is 6.54 Å². The fourth-order valence-corrected chi connectivity index (χ4v) is 2.36. The third-order valence-corrected chi connectivity index (χ3v) is 3.31. The summed E-state index contributed by atoms with van der Waals surface area (Å²) >= 11 is 3.43. The Morgan fingerprint density at radius 3 is 3.00 bits per heavy atom. The van der Waals surface area contributed by atoms with Gasteiger partial charge in [-0.3, -0.25) is 4.79 Å². The second-order valence-electron chi connectivity index (χ2n) is 3.43. The predicted octanol–water partition coefficient (Wildman–Crippen LogP) is 1.65. The summed E-state index contributed by atoms with van der Waals surface area (Å²) in [7, 11) is 0. The molecule has 2 rings (SSSR count). The zero-order valence-corrected chi connectivity index (χ0v) is 9.66. The second-order valence-corrected chi connectivity index (χ2v) is 4.29. The Kier molecular flexibility index (Phi) is 2.86. The van der Waals surface area contributed by atoms with Gasteiger partial charge in [-0.25, -0.2) is 0 Å². The molecule has 1 heterocycles. The molecular weight excluding hydrogens is 258 g/mol. The molecule has 0 bridgehead atoms. The van der Waals surface area contributed by atoms with Gasteiger partial charge >= 0.3 is 0 Å². The molecule has 1 aromatic carbocycles. The quantitative estimate of drug-likeness (QED) is 0.765. The van der Waals surface area contributed by atoms with Crippen LogP contribution in [0.1, 0.15) is 15.9 Å². The zero-order valence-electron chi connectivity index (χ0n) is 8.07. The lowest BCUT2D eigenvalue weighted by Crippen LogP contribution is -2.38. The van der Waals surface area contributed by atoms with Crippen molar-refractivity contribution >= 4 is 28.1 Å². The smallest absolute Gasteiger partial charge is 0.254 e. The molecule has 3 nitrogen and oxygen atoms in total. The van der Waals surface area contributed by atoms with E-state index in [1.54, 1.807) is 11.0 Å². The Labute approximate surface area is 96.2 Å². The SMILES string of the molecule is O=CCN1CCc2c(Br)cccc2C1=O. The lowest BCUT2D eigenvalue weighted by Gasteiger charge is -2.27. The summed E-state index contributed by atoms with van der Waals surface area (Å²) in [6.45, 7) is 0.804. The topological polar surface area (TPSA) is 37.4 Å². The number of rotatable bonds is 2. The summed E-state index contributed by atoms with van der Waals surface area (Å²) < 4.78 is 0.971. The Morgan fingerprint density at radius 2 is 2.27 bits per heavy atom. The first-order valence-electron chi connectivity index (χ1n) is 4.74. The van der Waals surface area contributed by atoms with Gasteiger partial charge in [-0.2, -0.15) is 0 Å². The highest BCUT2D eigenvalue weighted by Crippen LogP contribution is 2.25. The van der Waals surface area contributed by atoms with E-state index < -0.39 is 0 Å². The highest BCUT2D eigenvalue weighted by atomic mass is 79.9. The molecule has 0 spiro atoms. The van der Waals surface area contributed by atoms with Gasteiger partial charge in [0, 0.05) is 16.6 Å². The molecule has 78 valence electrons. The first kappa shape index (κ1) is 10.4. The highest BCUT2D eigenvalue weighted by molar-refractivity contribution is 9.10. The van der Waals surface area contributed by atoms with Crippen LogP contribution in [-0.4, -0.2) is 30.2 Å². The first-order chi connectivity index (χ1) is 7.24. The first-order valence-corrected chi connectivity index (χ1v) is 5.53. The third kappa shape index (κ3) is 1.81. The van der Waals surface area contributed by atoms with Gasteiger partial charge in [-0.15, -0.1) is 0 Å². The fraction of sp³-hybridized carbons (Fsp3) is 0.273. The summed E-state index contributed by atoms with van der Waals surface area (Å²) in [6.07, 6.45) is 1.57. The van der Waals surface area contributed by atoms with Crippen LogP contribution in [0.15, 0.2) is 22.7 Å². The van der Waals surface area contributed by atoms with Crippen molar-refractivity contribution in [2.24, 2.45) is 0 Å². The zero-order chi connectivity index (χ0) is 10.8. The summed E-state index contributed by atoms with van der Waals surface area (Å²) in [5, 5.41) is 0. The largest absolute Gasteiger partial charge is 0.331 e. The number of fused-ring (bicyclic) bond motifs is 1. The number of halogens is 1. The fourth-order valence-electron chi connectivity index (χ4n) is 1.80. The molecule has 4 heteroatoms. The van der Waals surface area contributed by atoms with E-state index in [-0.39, 0.29) is 12.5 Å². The van der Waals surface area contributed by atoms with E-state index in [1.807, 2.05) is 12.1 Å². The molecule has 15 heavy (non-hydrogen) atoms. The van der Waals surface area contributed by atoms with Gasteiger partial charge < -0.3 is 9.69 Å². The highest BCUT2D eigenvalue weighted by Gasteiger charge is 2.24. The number of hydrogen-bond acceptors (Lipinski definition) is 2. The molecular formula is C11H10BrNO2. The van der Waals surface area contributed by atoms with Crippen molar-refractivity contribution in [2.45, 2.75) is 6.42 Å². The van der Waals surface area contributed by atoms with Crippen molar-refractivity contribution in [2.75, 3.05) is 13.1 Å². The van der Waals surface area contributed by atoms with Crippen LogP contribution < -0.4 is 0 Å². The van der Waals surface area contributed by atoms with Gasteiger partial charge in [0.2, 0.25) is 0 Å². The Balaban J connectivity index is 2.38. The van der Waals surface area contributed by atoms with Gasteiger partial charge in [0.15, 0.2) is 0 Å². The summed E-state index contributed by atoms with van der Waals surface area (Å²) in [5.41, 5.74) is 1.75. The molecule has 0 saturated heterocycles. The maximum absolute atomic E-state index is 11.9. The monoisotopic (exact) mass is 267 g/mol. The molecule has 1 aromatic rings. The van der Waals surface area contributed by atoms with Crippen LogP contribution in [-0.2, 0) is 11.2 Å². The average molecular weight is 268 g/mol. The summed E-state index contributed by atoms with van der Waals surface area (Å²) in [6, 6.07) is 5.58. The number of amides is 1. The third-order valence-electron chi connectivity index (χ3n) is 2.56. The minimum Gasteiger partial charge on any atom is -0.331 e. The van der Waals surface area contributed by atoms with Crippen LogP contribution in [0.4, 0.5) is 0 Å². The standard InChI is InChI=1S/C11H10BrNO2/c12-10-3-1-2-9-8(10)4-5-13(6-7-14)11(9)15/h1-3,7H,4-6H2. The Morgan fingerprint density at radius 1 is 1.47 bits per heavy atom. The molecule has 1 amide bonds. The van der Waals surface area contributed by atoms with Gasteiger partial charge in [0.1, 0.15) is 6.29 Å². The van der Waals surface area contributed by atoms with E-state index in [2.05, 4.69) is 15.9 Å². The van der Waals surface area contributed by atoms with Crippen LogP contribution >= 0.6 is 15.9 Å². The minimum absolute atomic E-state index is 0.0512. The van der Waals surface area contributed by atoms with E-state index in [1.165, 1.54) is 0 Å². The number of nitrogens with zero attached hydrogens (tertiary/aromatic N) is 1. The number of carbonyl (C=O) groups is 2. The summed E-state index contributed by atoms with van der Waals surface area (Å²) in [4.78, 5) is 23.9. The van der Waals surface area contributed by atoms with Crippen LogP contribution in [0.25, 0.3) is 0 Å². The molecule has 0 unspecified atom stereocenters. The number of hydrogen-bond donors (Lipinski definition) is 0. The van der Waals surface area contributed by atoms with Gasteiger partial charge in [-0.05, 0) is 24.1 Å². The van der Waals surface area contributed by atoms with E-state index in [0.29, 0.717) is 12.1 Å². The van der Waals surface area contributed by atoms with E-state index >= 15 is 0 Å². The average Bonchev–Trinajstić information content (AvgIpc) is 2.23. The molecule has 0 aromatic heterocycles. The van der Waals surface area contributed by atoms with Crippen molar-refractivity contribution in [1.82, 2.24) is 4.90 Å². The number of benzene rings is 1. The molecule has 0 aliphatic carbocycles. The molecule has 0 radical (unpaired) electrons. The van der Waals surface area contributed by atoms with E-state index in [4.69, 9.17) is 0 Å². The molecule has 1 aliphatic rings. The molecule has 0 saturated carbocycles. The summed E-state index contributed by atoms with van der Waals surface area (Å²) in [5.74, 6) is -0.0512. The molecule has 0 fully saturated rings. The normalized spacial score (nSPS) is 15.0. The number of carbonyl (C=O) groups excluding carboxylic acids is 2. The maximum atomic E-state index is 11.9. The van der Waals surface area contributed by atoms with Crippen molar-refractivity contribution in [3.63, 3.8) is 0 Å². The van der Waals surface area contributed by atoms with E-state index in [9.17, 15) is 9.59 Å². The van der Waals surface area contributed by atoms with Gasteiger partial charge in [-0.1, -0.05) is 22.0 Å². The Hall–Kier alpha value is -1.16. The van der Waals surface area contributed by atoms with Crippen molar-refractivity contribution < 1.29 is 9.59 Å². The lowest BCUT2D eigenvalue weighted by atomic mass is 9.99. The molecule has 0 atom stereocenters. The van der Waals surface area contributed by atoms with Crippen molar-refractivity contribution in [3.8, 4) is 0 Å². The second kappa shape index (κ2) is 4.14. The van der Waals surface area contributed by atoms with Crippen LogP contribution in [0.3, 0.4) is 0 Å². The van der Waals surface area contributed by atoms with Gasteiger partial charge in [0.25, 0.3) is 5.91 Å². The van der Waals surface area contributed by atoms with Crippen LogP contribution in [0.2, 0.25) is 0 Å². The van der Waals surface area contributed by atoms with E-state index in [0.717, 1.165) is 22.7 Å². The van der Waals surface area contributed by atoms with Crippen LogP contribution in [0.5, 0.6) is 0 Å². The van der Waals surface area contributed by atoms with Crippen LogP contribution in [0, 0.1) is 0 Å². The predicted molar refractivity (Wildman–Crippen MR) is 59.8 cm³/mol. The van der Waals surface area contributed by atoms with Crippen molar-refractivity contribution in [1.29, 1.82) is 0 Å². The maximum Gasteiger partial charge on any atom is 0.254 e. The minimum atomic E-state index is -0.0512. The molecule has 0 N–H and O–H groups in total.